The minimum atomic E-state index is -0.367. The van der Waals surface area contributed by atoms with Gasteiger partial charge >= 0.3 is 0 Å². The molecule has 98 valence electrons. The number of hydrogen-bond donors (Lipinski definition) is 0. The van der Waals surface area contributed by atoms with Gasteiger partial charge in [-0.2, -0.15) is 0 Å². The molecule has 1 aliphatic carbocycles. The maximum absolute atomic E-state index is 13.1. The van der Waals surface area contributed by atoms with Crippen molar-refractivity contribution in [2.75, 3.05) is 0 Å². The van der Waals surface area contributed by atoms with Crippen molar-refractivity contribution in [1.29, 1.82) is 0 Å². The summed E-state index contributed by atoms with van der Waals surface area (Å²) in [4.78, 5) is 8.86. The number of nitrogens with zero attached hydrogens (tertiary/aromatic N) is 2. The lowest BCUT2D eigenvalue weighted by molar-refractivity contribution is 0.628. The first-order chi connectivity index (χ1) is 9.06. The van der Waals surface area contributed by atoms with Crippen LogP contribution in [-0.4, -0.2) is 9.97 Å². The van der Waals surface area contributed by atoms with Gasteiger partial charge in [-0.05, 0) is 38.0 Å². The Bertz CT molecular complexity index is 654. The molecule has 2 aromatic rings. The molecule has 0 bridgehead atoms. The summed E-state index contributed by atoms with van der Waals surface area (Å²) >= 11 is 12.2. The fourth-order valence-electron chi connectivity index (χ4n) is 1.97. The van der Waals surface area contributed by atoms with E-state index in [4.69, 9.17) is 23.2 Å². The molecular weight excluding hydrogens is 286 g/mol. The Labute approximate surface area is 120 Å². The summed E-state index contributed by atoms with van der Waals surface area (Å²) in [6.45, 7) is 1.84. The van der Waals surface area contributed by atoms with Gasteiger partial charge in [-0.15, -0.1) is 0 Å². The van der Waals surface area contributed by atoms with E-state index in [2.05, 4.69) is 9.97 Å². The number of halogens is 3. The highest BCUT2D eigenvalue weighted by Gasteiger charge is 2.28. The van der Waals surface area contributed by atoms with Crippen LogP contribution >= 0.6 is 23.2 Å². The van der Waals surface area contributed by atoms with E-state index in [0.717, 1.165) is 24.2 Å². The van der Waals surface area contributed by atoms with E-state index in [1.54, 1.807) is 6.07 Å². The summed E-state index contributed by atoms with van der Waals surface area (Å²) in [5.74, 6) is 0.788. The Kier molecular flexibility index (Phi) is 3.19. The van der Waals surface area contributed by atoms with Gasteiger partial charge in [0.25, 0.3) is 0 Å². The summed E-state index contributed by atoms with van der Waals surface area (Å²) < 4.78 is 13.1. The standard InChI is InChI=1S/C14H11Cl2FN2/c1-7-12(10-5-4-9(17)6-11(10)15)18-14(8-2-3-8)19-13(7)16/h4-6,8H,2-3H2,1H3. The summed E-state index contributed by atoms with van der Waals surface area (Å²) in [6, 6.07) is 4.27. The molecule has 1 fully saturated rings. The van der Waals surface area contributed by atoms with Crippen molar-refractivity contribution in [3.63, 3.8) is 0 Å². The first-order valence-corrected chi connectivity index (χ1v) is 6.81. The number of benzene rings is 1. The minimum Gasteiger partial charge on any atom is -0.232 e. The SMILES string of the molecule is Cc1c(Cl)nc(C2CC2)nc1-c1ccc(F)cc1Cl. The number of rotatable bonds is 2. The van der Waals surface area contributed by atoms with E-state index in [1.807, 2.05) is 6.92 Å². The third kappa shape index (κ3) is 2.45. The molecule has 0 atom stereocenters. The highest BCUT2D eigenvalue weighted by atomic mass is 35.5. The molecule has 0 saturated heterocycles. The van der Waals surface area contributed by atoms with E-state index in [0.29, 0.717) is 27.4 Å². The predicted octanol–water partition coefficient (Wildman–Crippen LogP) is 4.78. The molecule has 0 N–H and O–H groups in total. The van der Waals surface area contributed by atoms with Gasteiger partial charge in [-0.1, -0.05) is 23.2 Å². The second-order valence-corrected chi connectivity index (χ2v) is 5.51. The first kappa shape index (κ1) is 12.8. The van der Waals surface area contributed by atoms with Crippen molar-refractivity contribution in [2.45, 2.75) is 25.7 Å². The summed E-state index contributed by atoms with van der Waals surface area (Å²) in [5.41, 5.74) is 2.14. The van der Waals surface area contributed by atoms with Gasteiger partial charge in [0.05, 0.1) is 10.7 Å². The molecule has 5 heteroatoms. The topological polar surface area (TPSA) is 25.8 Å². The zero-order valence-electron chi connectivity index (χ0n) is 10.3. The van der Waals surface area contributed by atoms with Crippen LogP contribution in [0.15, 0.2) is 18.2 Å². The molecule has 3 rings (SSSR count). The normalized spacial score (nSPS) is 14.7. The van der Waals surface area contributed by atoms with Gasteiger partial charge in [0.15, 0.2) is 0 Å². The molecule has 0 aliphatic heterocycles. The molecule has 1 heterocycles. The van der Waals surface area contributed by atoms with Gasteiger partial charge in [-0.3, -0.25) is 0 Å². The van der Waals surface area contributed by atoms with Crippen LogP contribution in [0, 0.1) is 12.7 Å². The van der Waals surface area contributed by atoms with Gasteiger partial charge in [-0.25, -0.2) is 14.4 Å². The third-order valence-electron chi connectivity index (χ3n) is 3.23. The van der Waals surface area contributed by atoms with Crippen LogP contribution in [0.4, 0.5) is 4.39 Å². The molecule has 1 aliphatic rings. The lowest BCUT2D eigenvalue weighted by Crippen LogP contribution is -2.00. The highest BCUT2D eigenvalue weighted by Crippen LogP contribution is 2.40. The highest BCUT2D eigenvalue weighted by molar-refractivity contribution is 6.33. The fourth-order valence-corrected chi connectivity index (χ4v) is 2.41. The van der Waals surface area contributed by atoms with Crippen LogP contribution in [-0.2, 0) is 0 Å². The van der Waals surface area contributed by atoms with Crippen LogP contribution in [0.3, 0.4) is 0 Å². The summed E-state index contributed by atoms with van der Waals surface area (Å²) in [5, 5.41) is 0.770. The van der Waals surface area contributed by atoms with Gasteiger partial charge < -0.3 is 0 Å². The lowest BCUT2D eigenvalue weighted by atomic mass is 10.1. The largest absolute Gasteiger partial charge is 0.232 e. The lowest BCUT2D eigenvalue weighted by Gasteiger charge is -2.10. The third-order valence-corrected chi connectivity index (χ3v) is 3.91. The average Bonchev–Trinajstić information content (AvgIpc) is 3.17. The van der Waals surface area contributed by atoms with Crippen molar-refractivity contribution < 1.29 is 4.39 Å². The quantitative estimate of drug-likeness (QED) is 0.746. The van der Waals surface area contributed by atoms with Crippen molar-refractivity contribution in [2.24, 2.45) is 0 Å². The van der Waals surface area contributed by atoms with E-state index in [-0.39, 0.29) is 5.82 Å². The van der Waals surface area contributed by atoms with Gasteiger partial charge in [0, 0.05) is 17.0 Å². The first-order valence-electron chi connectivity index (χ1n) is 6.05. The second-order valence-electron chi connectivity index (χ2n) is 4.74. The van der Waals surface area contributed by atoms with Crippen LogP contribution in [0.25, 0.3) is 11.3 Å². The molecule has 1 aromatic heterocycles. The van der Waals surface area contributed by atoms with Gasteiger partial charge in [0.1, 0.15) is 16.8 Å². The average molecular weight is 297 g/mol. The van der Waals surface area contributed by atoms with Crippen LogP contribution in [0.5, 0.6) is 0 Å². The van der Waals surface area contributed by atoms with E-state index in [1.165, 1.54) is 12.1 Å². The minimum absolute atomic E-state index is 0.333. The zero-order chi connectivity index (χ0) is 13.6. The second kappa shape index (κ2) is 4.73. The Hall–Kier alpha value is -1.19. The summed E-state index contributed by atoms with van der Waals surface area (Å²) in [7, 11) is 0. The van der Waals surface area contributed by atoms with Crippen LogP contribution < -0.4 is 0 Å². The van der Waals surface area contributed by atoms with Crippen LogP contribution in [0.1, 0.15) is 30.1 Å². The molecule has 1 saturated carbocycles. The maximum atomic E-state index is 13.1. The molecule has 0 amide bonds. The van der Waals surface area contributed by atoms with E-state index in [9.17, 15) is 4.39 Å². The zero-order valence-corrected chi connectivity index (χ0v) is 11.8. The molecule has 0 spiro atoms. The number of hydrogen-bond acceptors (Lipinski definition) is 2. The fraction of sp³-hybridized carbons (Fsp3) is 0.286. The molecule has 0 unspecified atom stereocenters. The molecule has 19 heavy (non-hydrogen) atoms. The van der Waals surface area contributed by atoms with E-state index >= 15 is 0 Å². The van der Waals surface area contributed by atoms with E-state index < -0.39 is 0 Å². The van der Waals surface area contributed by atoms with Crippen molar-refractivity contribution in [1.82, 2.24) is 9.97 Å². The Balaban J connectivity index is 2.17. The Morgan fingerprint density at radius 1 is 1.21 bits per heavy atom. The van der Waals surface area contributed by atoms with Crippen LogP contribution in [0.2, 0.25) is 10.2 Å². The van der Waals surface area contributed by atoms with Crippen molar-refractivity contribution in [3.8, 4) is 11.3 Å². The predicted molar refractivity (Wildman–Crippen MR) is 74.2 cm³/mol. The molecule has 0 radical (unpaired) electrons. The number of aromatic nitrogens is 2. The van der Waals surface area contributed by atoms with Crippen molar-refractivity contribution in [3.05, 3.63) is 45.6 Å². The summed E-state index contributed by atoms with van der Waals surface area (Å²) in [6.07, 6.45) is 2.19. The smallest absolute Gasteiger partial charge is 0.136 e. The van der Waals surface area contributed by atoms with Gasteiger partial charge in [0.2, 0.25) is 0 Å². The Morgan fingerprint density at radius 2 is 1.95 bits per heavy atom. The molecular formula is C14H11Cl2FN2. The van der Waals surface area contributed by atoms with Crippen molar-refractivity contribution >= 4 is 23.2 Å². The Morgan fingerprint density at radius 3 is 2.58 bits per heavy atom. The maximum Gasteiger partial charge on any atom is 0.136 e. The molecule has 2 nitrogen and oxygen atoms in total. The molecule has 1 aromatic carbocycles. The monoisotopic (exact) mass is 296 g/mol.